The molecule has 68 valence electrons. The maximum atomic E-state index is 8.54. The fourth-order valence-electron chi connectivity index (χ4n) is 0.845. The summed E-state index contributed by atoms with van der Waals surface area (Å²) in [6.07, 6.45) is 1.50. The van der Waals surface area contributed by atoms with Gasteiger partial charge in [0.25, 0.3) is 0 Å². The molecule has 0 spiro atoms. The summed E-state index contributed by atoms with van der Waals surface area (Å²) in [5, 5.41) is 8.54. The molecule has 2 nitrogen and oxygen atoms in total. The third-order valence-corrected chi connectivity index (χ3v) is 2.66. The average Bonchev–Trinajstić information content (AvgIpc) is 2.51. The van der Waals surface area contributed by atoms with Gasteiger partial charge in [-0.1, -0.05) is 6.92 Å². The van der Waals surface area contributed by atoms with Crippen molar-refractivity contribution < 1.29 is 4.42 Å². The van der Waals surface area contributed by atoms with Crippen LogP contribution in [0, 0.1) is 11.3 Å². The van der Waals surface area contributed by atoms with Crippen molar-refractivity contribution in [3.05, 3.63) is 28.6 Å². The van der Waals surface area contributed by atoms with Crippen molar-refractivity contribution in [2.24, 2.45) is 0 Å². The number of hydrogen-bond acceptors (Lipinski definition) is 3. The number of rotatable bonds is 3. The standard InChI is InChI=1S/C9H8BrNOS/c1-2-13-8(5-6-11)7-3-4-9(10)12-7/h3-5H,2H2,1H3/b8-5-. The van der Waals surface area contributed by atoms with E-state index in [0.717, 1.165) is 16.4 Å². The molecular weight excluding hydrogens is 250 g/mol. The van der Waals surface area contributed by atoms with Crippen LogP contribution in [0.3, 0.4) is 0 Å². The van der Waals surface area contributed by atoms with Crippen LogP contribution in [0.1, 0.15) is 12.7 Å². The summed E-state index contributed by atoms with van der Waals surface area (Å²) in [4.78, 5) is 0.871. The average molecular weight is 258 g/mol. The van der Waals surface area contributed by atoms with Gasteiger partial charge in [-0.25, -0.2) is 0 Å². The number of nitriles is 1. The molecule has 0 aliphatic rings. The van der Waals surface area contributed by atoms with E-state index in [0.29, 0.717) is 4.67 Å². The molecule has 13 heavy (non-hydrogen) atoms. The second kappa shape index (κ2) is 5.15. The molecule has 0 aliphatic heterocycles. The van der Waals surface area contributed by atoms with Crippen molar-refractivity contribution in [2.75, 3.05) is 5.75 Å². The van der Waals surface area contributed by atoms with Crippen LogP contribution in [-0.4, -0.2) is 5.75 Å². The molecule has 0 atom stereocenters. The smallest absolute Gasteiger partial charge is 0.169 e. The Kier molecular flexibility index (Phi) is 4.13. The molecule has 0 saturated heterocycles. The molecule has 0 radical (unpaired) electrons. The topological polar surface area (TPSA) is 36.9 Å². The van der Waals surface area contributed by atoms with Crippen molar-refractivity contribution in [2.45, 2.75) is 6.92 Å². The van der Waals surface area contributed by atoms with E-state index in [2.05, 4.69) is 15.9 Å². The molecule has 4 heteroatoms. The first-order valence-electron chi connectivity index (χ1n) is 3.76. The van der Waals surface area contributed by atoms with Crippen LogP contribution in [-0.2, 0) is 0 Å². The minimum atomic E-state index is 0.683. The molecule has 0 aliphatic carbocycles. The van der Waals surface area contributed by atoms with Gasteiger partial charge in [-0.2, -0.15) is 5.26 Å². The lowest BCUT2D eigenvalue weighted by molar-refractivity contribution is 0.530. The van der Waals surface area contributed by atoms with Gasteiger partial charge < -0.3 is 4.42 Å². The van der Waals surface area contributed by atoms with Gasteiger partial charge in [-0.05, 0) is 33.8 Å². The number of halogens is 1. The third-order valence-electron chi connectivity index (χ3n) is 1.31. The predicted molar refractivity (Wildman–Crippen MR) is 58.1 cm³/mol. The van der Waals surface area contributed by atoms with Gasteiger partial charge in [0.15, 0.2) is 4.67 Å². The van der Waals surface area contributed by atoms with E-state index in [-0.39, 0.29) is 0 Å². The molecule has 0 aromatic carbocycles. The van der Waals surface area contributed by atoms with E-state index < -0.39 is 0 Å². The Labute approximate surface area is 89.7 Å². The van der Waals surface area contributed by atoms with Crippen LogP contribution in [0.4, 0.5) is 0 Å². The van der Waals surface area contributed by atoms with E-state index in [9.17, 15) is 0 Å². The maximum absolute atomic E-state index is 8.54. The molecule has 1 aromatic heterocycles. The molecule has 1 aromatic rings. The lowest BCUT2D eigenvalue weighted by atomic mass is 10.4. The Morgan fingerprint density at radius 2 is 2.54 bits per heavy atom. The summed E-state index contributed by atoms with van der Waals surface area (Å²) in [5.74, 6) is 1.66. The Balaban J connectivity index is 2.90. The first-order chi connectivity index (χ1) is 6.27. The summed E-state index contributed by atoms with van der Waals surface area (Å²) in [6.45, 7) is 2.04. The summed E-state index contributed by atoms with van der Waals surface area (Å²) >= 11 is 4.81. The normalized spacial score (nSPS) is 11.3. The van der Waals surface area contributed by atoms with Crippen LogP contribution in [0.15, 0.2) is 27.3 Å². The second-order valence-corrected chi connectivity index (χ2v) is 4.26. The maximum Gasteiger partial charge on any atom is 0.169 e. The largest absolute Gasteiger partial charge is 0.449 e. The zero-order valence-electron chi connectivity index (χ0n) is 7.08. The number of nitrogens with zero attached hydrogens (tertiary/aromatic N) is 1. The Hall–Kier alpha value is -0.660. The van der Waals surface area contributed by atoms with Crippen LogP contribution in [0.25, 0.3) is 4.91 Å². The minimum Gasteiger partial charge on any atom is -0.449 e. The van der Waals surface area contributed by atoms with Gasteiger partial charge in [-0.3, -0.25) is 0 Å². The SMILES string of the molecule is CCS/C(=C\C#N)c1ccc(Br)o1. The first kappa shape index (κ1) is 10.4. The van der Waals surface area contributed by atoms with Gasteiger partial charge in [0.1, 0.15) is 5.76 Å². The fraction of sp³-hybridized carbons (Fsp3) is 0.222. The van der Waals surface area contributed by atoms with Crippen molar-refractivity contribution >= 4 is 32.6 Å². The molecule has 0 unspecified atom stereocenters. The highest BCUT2D eigenvalue weighted by Crippen LogP contribution is 2.29. The van der Waals surface area contributed by atoms with Gasteiger partial charge in [0.05, 0.1) is 11.0 Å². The quantitative estimate of drug-likeness (QED) is 0.776. The van der Waals surface area contributed by atoms with Crippen LogP contribution >= 0.6 is 27.7 Å². The number of thioether (sulfide) groups is 1. The summed E-state index contributed by atoms with van der Waals surface area (Å²) in [6, 6.07) is 5.66. The summed E-state index contributed by atoms with van der Waals surface area (Å²) in [5.41, 5.74) is 0. The highest BCUT2D eigenvalue weighted by atomic mass is 79.9. The van der Waals surface area contributed by atoms with E-state index >= 15 is 0 Å². The van der Waals surface area contributed by atoms with Crippen LogP contribution in [0.5, 0.6) is 0 Å². The Morgan fingerprint density at radius 1 is 1.77 bits per heavy atom. The molecular formula is C9H8BrNOS. The molecule has 0 amide bonds. The van der Waals surface area contributed by atoms with E-state index in [1.807, 2.05) is 25.1 Å². The number of hydrogen-bond donors (Lipinski definition) is 0. The van der Waals surface area contributed by atoms with Gasteiger partial charge in [0, 0.05) is 6.08 Å². The van der Waals surface area contributed by atoms with Crippen molar-refractivity contribution in [1.29, 1.82) is 5.26 Å². The second-order valence-electron chi connectivity index (χ2n) is 2.17. The number of allylic oxidation sites excluding steroid dienone is 1. The van der Waals surface area contributed by atoms with E-state index in [4.69, 9.17) is 9.68 Å². The zero-order valence-corrected chi connectivity index (χ0v) is 9.48. The minimum absolute atomic E-state index is 0.683. The zero-order chi connectivity index (χ0) is 9.68. The number of furan rings is 1. The van der Waals surface area contributed by atoms with Gasteiger partial charge >= 0.3 is 0 Å². The highest BCUT2D eigenvalue weighted by molar-refractivity contribution is 9.10. The monoisotopic (exact) mass is 257 g/mol. The van der Waals surface area contributed by atoms with Gasteiger partial charge in [0.2, 0.25) is 0 Å². The first-order valence-corrected chi connectivity index (χ1v) is 5.54. The summed E-state index contributed by atoms with van der Waals surface area (Å²) in [7, 11) is 0. The van der Waals surface area contributed by atoms with Crippen molar-refractivity contribution in [3.8, 4) is 6.07 Å². The Bertz CT molecular complexity index is 351. The molecule has 0 saturated carbocycles. The predicted octanol–water partition coefficient (Wildman–Crippen LogP) is 3.66. The lowest BCUT2D eigenvalue weighted by Crippen LogP contribution is -1.75. The molecule has 0 N–H and O–H groups in total. The van der Waals surface area contributed by atoms with Crippen LogP contribution in [0.2, 0.25) is 0 Å². The molecule has 0 bridgehead atoms. The van der Waals surface area contributed by atoms with Crippen LogP contribution < -0.4 is 0 Å². The molecule has 1 heterocycles. The van der Waals surface area contributed by atoms with Crippen molar-refractivity contribution in [1.82, 2.24) is 0 Å². The molecule has 0 fully saturated rings. The highest BCUT2D eigenvalue weighted by Gasteiger charge is 2.05. The third kappa shape index (κ3) is 2.94. The van der Waals surface area contributed by atoms with Crippen molar-refractivity contribution in [3.63, 3.8) is 0 Å². The fourth-order valence-corrected chi connectivity index (χ4v) is 1.85. The van der Waals surface area contributed by atoms with E-state index in [1.54, 1.807) is 11.8 Å². The molecule has 1 rings (SSSR count). The van der Waals surface area contributed by atoms with Gasteiger partial charge in [-0.15, -0.1) is 11.8 Å². The Morgan fingerprint density at radius 3 is 3.00 bits per heavy atom. The lowest BCUT2D eigenvalue weighted by Gasteiger charge is -1.98. The summed E-state index contributed by atoms with van der Waals surface area (Å²) < 4.78 is 6.01. The van der Waals surface area contributed by atoms with E-state index in [1.165, 1.54) is 6.08 Å².